The molecule has 8 heteroatoms. The van der Waals surface area contributed by atoms with Crippen LogP contribution in [0.3, 0.4) is 0 Å². The number of hydrogen-bond acceptors (Lipinski definition) is 5. The fourth-order valence-electron chi connectivity index (χ4n) is 3.16. The van der Waals surface area contributed by atoms with Gasteiger partial charge in [0.05, 0.1) is 17.2 Å². The summed E-state index contributed by atoms with van der Waals surface area (Å²) in [5, 5.41) is 2.82. The standard InChI is InChI=1S/C25H28N2O4S2/c1-4-31-22-11-9-21(10-12-22)27(33(29,30)24-15-13-23(32-3)14-16-24)18-25(28)26-17-20-7-5-19(2)6-8-20/h5-16H,4,17-18H2,1-3H3,(H,26,28). The van der Waals surface area contributed by atoms with Crippen molar-refractivity contribution < 1.29 is 17.9 Å². The summed E-state index contributed by atoms with van der Waals surface area (Å²) in [7, 11) is -3.97. The molecule has 3 aromatic rings. The topological polar surface area (TPSA) is 75.7 Å². The van der Waals surface area contributed by atoms with Crippen LogP contribution in [-0.2, 0) is 21.4 Å². The summed E-state index contributed by atoms with van der Waals surface area (Å²) in [6, 6.07) is 21.1. The van der Waals surface area contributed by atoms with Crippen LogP contribution in [0.25, 0.3) is 0 Å². The second-order valence-corrected chi connectivity index (χ2v) is 10.1. The summed E-state index contributed by atoms with van der Waals surface area (Å²) in [5.41, 5.74) is 2.46. The molecule has 1 amide bonds. The fourth-order valence-corrected chi connectivity index (χ4v) is 4.99. The lowest BCUT2D eigenvalue weighted by atomic mass is 10.1. The third-order valence-electron chi connectivity index (χ3n) is 4.98. The Morgan fingerprint density at radius 1 is 0.970 bits per heavy atom. The molecule has 0 fully saturated rings. The molecule has 0 unspecified atom stereocenters. The molecule has 6 nitrogen and oxygen atoms in total. The normalized spacial score (nSPS) is 11.1. The molecule has 174 valence electrons. The first-order valence-electron chi connectivity index (χ1n) is 10.6. The van der Waals surface area contributed by atoms with Crippen molar-refractivity contribution >= 4 is 33.4 Å². The molecule has 0 bridgehead atoms. The lowest BCUT2D eigenvalue weighted by Crippen LogP contribution is -2.40. The number of benzene rings is 3. The van der Waals surface area contributed by atoms with Crippen molar-refractivity contribution in [3.05, 3.63) is 83.9 Å². The zero-order valence-electron chi connectivity index (χ0n) is 18.9. The molecule has 3 rings (SSSR count). The molecule has 1 N–H and O–H groups in total. The number of thioether (sulfide) groups is 1. The van der Waals surface area contributed by atoms with E-state index in [1.165, 1.54) is 11.8 Å². The molecule has 0 radical (unpaired) electrons. The van der Waals surface area contributed by atoms with Gasteiger partial charge in [-0.2, -0.15) is 0 Å². The smallest absolute Gasteiger partial charge is 0.264 e. The lowest BCUT2D eigenvalue weighted by molar-refractivity contribution is -0.119. The van der Waals surface area contributed by atoms with Crippen molar-refractivity contribution in [1.29, 1.82) is 0 Å². The molecule has 3 aromatic carbocycles. The Morgan fingerprint density at radius 3 is 2.18 bits per heavy atom. The molecule has 0 atom stereocenters. The van der Waals surface area contributed by atoms with E-state index in [9.17, 15) is 13.2 Å². The minimum Gasteiger partial charge on any atom is -0.494 e. The first kappa shape index (κ1) is 24.7. The maximum atomic E-state index is 13.5. The lowest BCUT2D eigenvalue weighted by Gasteiger charge is -2.24. The predicted octanol–water partition coefficient (Wildman–Crippen LogP) is 4.63. The van der Waals surface area contributed by atoms with Crippen molar-refractivity contribution in [1.82, 2.24) is 5.32 Å². The molecular weight excluding hydrogens is 456 g/mol. The van der Waals surface area contributed by atoms with E-state index in [1.807, 2.05) is 44.4 Å². The number of nitrogens with zero attached hydrogens (tertiary/aromatic N) is 1. The highest BCUT2D eigenvalue weighted by molar-refractivity contribution is 7.98. The molecule has 0 spiro atoms. The number of rotatable bonds is 10. The molecule has 33 heavy (non-hydrogen) atoms. The Kier molecular flexibility index (Phi) is 8.41. The first-order valence-corrected chi connectivity index (χ1v) is 13.2. The maximum Gasteiger partial charge on any atom is 0.264 e. The summed E-state index contributed by atoms with van der Waals surface area (Å²) in [5.74, 6) is 0.237. The number of amides is 1. The summed E-state index contributed by atoms with van der Waals surface area (Å²) >= 11 is 1.53. The quantitative estimate of drug-likeness (QED) is 0.425. The van der Waals surface area contributed by atoms with Crippen LogP contribution in [0.4, 0.5) is 5.69 Å². The van der Waals surface area contributed by atoms with Crippen LogP contribution in [0.15, 0.2) is 82.6 Å². The van der Waals surface area contributed by atoms with Gasteiger partial charge in [-0.05, 0) is 74.2 Å². The van der Waals surface area contributed by atoms with E-state index in [2.05, 4.69) is 5.32 Å². The van der Waals surface area contributed by atoms with Crippen LogP contribution in [0.2, 0.25) is 0 Å². The second-order valence-electron chi connectivity index (χ2n) is 7.38. The Balaban J connectivity index is 1.85. The number of anilines is 1. The predicted molar refractivity (Wildman–Crippen MR) is 133 cm³/mol. The number of nitrogens with one attached hydrogen (secondary N) is 1. The second kappa shape index (κ2) is 11.2. The van der Waals surface area contributed by atoms with Crippen LogP contribution in [0.5, 0.6) is 5.75 Å². The van der Waals surface area contributed by atoms with Gasteiger partial charge in [-0.3, -0.25) is 9.10 Å². The van der Waals surface area contributed by atoms with Crippen molar-refractivity contribution in [2.75, 3.05) is 23.7 Å². The number of aryl methyl sites for hydroxylation is 1. The molecular formula is C25H28N2O4S2. The van der Waals surface area contributed by atoms with Gasteiger partial charge < -0.3 is 10.1 Å². The highest BCUT2D eigenvalue weighted by Crippen LogP contribution is 2.27. The molecule has 0 aromatic heterocycles. The average Bonchev–Trinajstić information content (AvgIpc) is 2.83. The number of ether oxygens (including phenoxy) is 1. The molecule has 0 aliphatic rings. The fraction of sp³-hybridized carbons (Fsp3) is 0.240. The van der Waals surface area contributed by atoms with Crippen molar-refractivity contribution in [2.45, 2.75) is 30.2 Å². The molecule has 0 saturated carbocycles. The third kappa shape index (κ3) is 6.52. The van der Waals surface area contributed by atoms with E-state index in [4.69, 9.17) is 4.74 Å². The van der Waals surface area contributed by atoms with Crippen molar-refractivity contribution in [3.8, 4) is 5.75 Å². The van der Waals surface area contributed by atoms with Crippen LogP contribution < -0.4 is 14.4 Å². The Bertz CT molecular complexity index is 1160. The summed E-state index contributed by atoms with van der Waals surface area (Å²) in [6.45, 7) is 4.35. The van der Waals surface area contributed by atoms with E-state index < -0.39 is 15.9 Å². The van der Waals surface area contributed by atoms with Gasteiger partial charge in [-0.15, -0.1) is 11.8 Å². The van der Waals surface area contributed by atoms with Gasteiger partial charge >= 0.3 is 0 Å². The number of sulfonamides is 1. The van der Waals surface area contributed by atoms with Crippen LogP contribution in [0.1, 0.15) is 18.1 Å². The number of carbonyl (C=O) groups excluding carboxylic acids is 1. The molecule has 0 aliphatic carbocycles. The summed E-state index contributed by atoms with van der Waals surface area (Å²) in [4.78, 5) is 13.9. The van der Waals surface area contributed by atoms with Crippen molar-refractivity contribution in [2.24, 2.45) is 0 Å². The van der Waals surface area contributed by atoms with Gasteiger partial charge in [0.15, 0.2) is 0 Å². The minimum absolute atomic E-state index is 0.125. The highest BCUT2D eigenvalue weighted by atomic mass is 32.2. The third-order valence-corrected chi connectivity index (χ3v) is 7.51. The van der Waals surface area contributed by atoms with E-state index in [0.29, 0.717) is 24.6 Å². The monoisotopic (exact) mass is 484 g/mol. The van der Waals surface area contributed by atoms with Gasteiger partial charge in [0.25, 0.3) is 10.0 Å². The van der Waals surface area contributed by atoms with E-state index >= 15 is 0 Å². The highest BCUT2D eigenvalue weighted by Gasteiger charge is 2.27. The summed E-state index contributed by atoms with van der Waals surface area (Å²) < 4.78 is 33.6. The number of carbonyl (C=O) groups is 1. The van der Waals surface area contributed by atoms with Gasteiger partial charge in [0, 0.05) is 11.4 Å². The van der Waals surface area contributed by atoms with Gasteiger partial charge in [0.1, 0.15) is 12.3 Å². The molecule has 0 saturated heterocycles. The van der Waals surface area contributed by atoms with Gasteiger partial charge in [0.2, 0.25) is 5.91 Å². The van der Waals surface area contributed by atoms with Gasteiger partial charge in [-0.25, -0.2) is 8.42 Å². The molecule has 0 heterocycles. The Hall–Kier alpha value is -2.97. The SMILES string of the molecule is CCOc1ccc(N(CC(=O)NCc2ccc(C)cc2)S(=O)(=O)c2ccc(SC)cc2)cc1. The van der Waals surface area contributed by atoms with Crippen LogP contribution in [0, 0.1) is 6.92 Å². The Labute approximate surface area is 200 Å². The Morgan fingerprint density at radius 2 is 1.61 bits per heavy atom. The van der Waals surface area contributed by atoms with E-state index in [0.717, 1.165) is 20.3 Å². The first-order chi connectivity index (χ1) is 15.8. The maximum absolute atomic E-state index is 13.5. The minimum atomic E-state index is -3.97. The van der Waals surface area contributed by atoms with Gasteiger partial charge in [-0.1, -0.05) is 29.8 Å². The van der Waals surface area contributed by atoms with Crippen LogP contribution >= 0.6 is 11.8 Å². The zero-order chi connectivity index (χ0) is 23.8. The van der Waals surface area contributed by atoms with E-state index in [-0.39, 0.29) is 11.4 Å². The largest absolute Gasteiger partial charge is 0.494 e. The molecule has 0 aliphatic heterocycles. The van der Waals surface area contributed by atoms with Crippen LogP contribution in [-0.4, -0.2) is 33.7 Å². The zero-order valence-corrected chi connectivity index (χ0v) is 20.6. The van der Waals surface area contributed by atoms with Crippen molar-refractivity contribution in [3.63, 3.8) is 0 Å². The average molecular weight is 485 g/mol. The van der Waals surface area contributed by atoms with E-state index in [1.54, 1.807) is 48.5 Å². The summed E-state index contributed by atoms with van der Waals surface area (Å²) in [6.07, 6.45) is 1.92. The number of hydrogen-bond donors (Lipinski definition) is 1.